The van der Waals surface area contributed by atoms with Gasteiger partial charge in [0.05, 0.1) is 0 Å². The van der Waals surface area contributed by atoms with Crippen molar-refractivity contribution < 1.29 is 9.90 Å². The fourth-order valence-electron chi connectivity index (χ4n) is 2.41. The minimum absolute atomic E-state index is 0.228. The van der Waals surface area contributed by atoms with Crippen LogP contribution in [0.5, 0.6) is 0 Å². The summed E-state index contributed by atoms with van der Waals surface area (Å²) in [6, 6.07) is 9.21. The Morgan fingerprint density at radius 3 is 2.62 bits per heavy atom. The van der Waals surface area contributed by atoms with Gasteiger partial charge < -0.3 is 5.11 Å². The molecular weight excluding hydrogens is 268 g/mol. The van der Waals surface area contributed by atoms with E-state index in [1.165, 1.54) is 0 Å². The molecule has 0 saturated heterocycles. The Hall–Kier alpha value is -2.04. The number of aliphatic carboxylic acids is 1. The quantitative estimate of drug-likeness (QED) is 0.316. The molecule has 0 radical (unpaired) electrons. The lowest BCUT2D eigenvalue weighted by molar-refractivity contribution is -0.146. The number of hydrogen-bond donors (Lipinski definition) is 2. The van der Waals surface area contributed by atoms with Crippen LogP contribution in [0.3, 0.4) is 0 Å². The van der Waals surface area contributed by atoms with Crippen LogP contribution < -0.4 is 5.32 Å². The molecule has 0 spiro atoms. The molecule has 1 atom stereocenters. The van der Waals surface area contributed by atoms with Crippen LogP contribution in [-0.4, -0.2) is 24.2 Å². The van der Waals surface area contributed by atoms with Gasteiger partial charge in [0.15, 0.2) is 0 Å². The van der Waals surface area contributed by atoms with Crippen molar-refractivity contribution in [3.05, 3.63) is 46.3 Å². The maximum atomic E-state index is 11.9. The third kappa shape index (κ3) is 4.77. The summed E-state index contributed by atoms with van der Waals surface area (Å²) in [5.41, 5.74) is 7.89. The number of rotatable bonds is 9. The summed E-state index contributed by atoms with van der Waals surface area (Å²) >= 11 is 0. The minimum Gasteiger partial charge on any atom is -0.480 e. The van der Waals surface area contributed by atoms with Gasteiger partial charge in [0.2, 0.25) is 0 Å². The van der Waals surface area contributed by atoms with E-state index in [2.05, 4.69) is 15.3 Å². The second-order valence-electron chi connectivity index (χ2n) is 5.41. The van der Waals surface area contributed by atoms with Gasteiger partial charge in [-0.2, -0.15) is 0 Å². The lowest BCUT2D eigenvalue weighted by atomic mass is 9.82. The summed E-state index contributed by atoms with van der Waals surface area (Å²) in [7, 11) is 0. The van der Waals surface area contributed by atoms with Gasteiger partial charge in [0.1, 0.15) is 5.54 Å². The summed E-state index contributed by atoms with van der Waals surface area (Å²) in [6.07, 6.45) is 1.10. The molecule has 0 saturated carbocycles. The number of carboxylic acid groups (broad SMARTS) is 1. The summed E-state index contributed by atoms with van der Waals surface area (Å²) in [5.74, 6) is -0.655. The molecule has 21 heavy (non-hydrogen) atoms. The molecule has 0 heterocycles. The average molecular weight is 290 g/mol. The molecule has 0 aliphatic rings. The Kier molecular flexibility index (Phi) is 6.72. The maximum Gasteiger partial charge on any atom is 0.328 e. The predicted molar refractivity (Wildman–Crippen MR) is 81.8 cm³/mol. The molecule has 114 valence electrons. The van der Waals surface area contributed by atoms with E-state index in [1.54, 1.807) is 0 Å². The standard InChI is InChI=1S/C15H22N4O2/c1-12(2)11-15(14(20)21,13-7-4-3-5-8-13)17-9-6-10-18-19-16/h3-5,7-8,12,17H,6,9-11H2,1-2H3,(H,20,21). The monoisotopic (exact) mass is 290 g/mol. The summed E-state index contributed by atoms with van der Waals surface area (Å²) in [4.78, 5) is 14.6. The smallest absolute Gasteiger partial charge is 0.328 e. The first-order chi connectivity index (χ1) is 10.0. The molecule has 0 aliphatic heterocycles. The fourth-order valence-corrected chi connectivity index (χ4v) is 2.41. The number of nitrogens with one attached hydrogen (secondary N) is 1. The predicted octanol–water partition coefficient (Wildman–Crippen LogP) is 3.30. The van der Waals surface area contributed by atoms with E-state index in [0.29, 0.717) is 25.9 Å². The molecular formula is C15H22N4O2. The van der Waals surface area contributed by atoms with E-state index in [4.69, 9.17) is 5.53 Å². The zero-order valence-electron chi connectivity index (χ0n) is 12.5. The SMILES string of the molecule is CC(C)CC(NCCCN=[N+]=[N-])(C(=O)O)c1ccccc1. The normalized spacial score (nSPS) is 13.5. The Balaban J connectivity index is 2.96. The van der Waals surface area contributed by atoms with E-state index in [1.807, 2.05) is 44.2 Å². The second kappa shape index (κ2) is 8.29. The molecule has 1 aromatic carbocycles. The number of carboxylic acids is 1. The Labute approximate surface area is 124 Å². The summed E-state index contributed by atoms with van der Waals surface area (Å²) in [5, 5.41) is 16.4. The third-order valence-electron chi connectivity index (χ3n) is 3.27. The Bertz CT molecular complexity index is 498. The first kappa shape index (κ1) is 17.0. The van der Waals surface area contributed by atoms with Crippen molar-refractivity contribution >= 4 is 5.97 Å². The topological polar surface area (TPSA) is 98.1 Å². The highest BCUT2D eigenvalue weighted by molar-refractivity contribution is 5.80. The highest BCUT2D eigenvalue weighted by Crippen LogP contribution is 2.29. The van der Waals surface area contributed by atoms with Gasteiger partial charge in [0, 0.05) is 11.5 Å². The molecule has 0 aromatic heterocycles. The van der Waals surface area contributed by atoms with Gasteiger partial charge in [-0.1, -0.05) is 49.3 Å². The Morgan fingerprint density at radius 1 is 1.43 bits per heavy atom. The highest BCUT2D eigenvalue weighted by atomic mass is 16.4. The Morgan fingerprint density at radius 2 is 2.10 bits per heavy atom. The van der Waals surface area contributed by atoms with Gasteiger partial charge in [-0.05, 0) is 36.4 Å². The first-order valence-electron chi connectivity index (χ1n) is 7.07. The average Bonchev–Trinajstić information content (AvgIpc) is 2.46. The van der Waals surface area contributed by atoms with Crippen molar-refractivity contribution in [2.75, 3.05) is 13.1 Å². The largest absolute Gasteiger partial charge is 0.480 e. The second-order valence-corrected chi connectivity index (χ2v) is 5.41. The van der Waals surface area contributed by atoms with E-state index >= 15 is 0 Å². The third-order valence-corrected chi connectivity index (χ3v) is 3.27. The van der Waals surface area contributed by atoms with Gasteiger partial charge in [-0.25, -0.2) is 4.79 Å². The maximum absolute atomic E-state index is 11.9. The molecule has 1 aromatic rings. The van der Waals surface area contributed by atoms with Gasteiger partial charge >= 0.3 is 5.97 Å². The molecule has 6 heteroatoms. The van der Waals surface area contributed by atoms with Crippen LogP contribution >= 0.6 is 0 Å². The van der Waals surface area contributed by atoms with Crippen LogP contribution in [0.25, 0.3) is 10.4 Å². The van der Waals surface area contributed by atoms with Crippen molar-refractivity contribution in [3.8, 4) is 0 Å². The summed E-state index contributed by atoms with van der Waals surface area (Å²) in [6.45, 7) is 4.84. The number of hydrogen-bond acceptors (Lipinski definition) is 3. The molecule has 1 rings (SSSR count). The van der Waals surface area contributed by atoms with Crippen LogP contribution in [0.4, 0.5) is 0 Å². The molecule has 0 bridgehead atoms. The van der Waals surface area contributed by atoms with E-state index in [9.17, 15) is 9.90 Å². The van der Waals surface area contributed by atoms with Crippen LogP contribution in [0.1, 0.15) is 32.3 Å². The molecule has 2 N–H and O–H groups in total. The lowest BCUT2D eigenvalue weighted by Crippen LogP contribution is -2.50. The number of benzene rings is 1. The van der Waals surface area contributed by atoms with Crippen molar-refractivity contribution in [2.45, 2.75) is 32.2 Å². The van der Waals surface area contributed by atoms with Crippen molar-refractivity contribution in [3.63, 3.8) is 0 Å². The van der Waals surface area contributed by atoms with Crippen LogP contribution in [0, 0.1) is 5.92 Å². The van der Waals surface area contributed by atoms with Crippen LogP contribution in [-0.2, 0) is 10.3 Å². The van der Waals surface area contributed by atoms with Crippen molar-refractivity contribution in [2.24, 2.45) is 11.0 Å². The highest BCUT2D eigenvalue weighted by Gasteiger charge is 2.40. The van der Waals surface area contributed by atoms with E-state index in [-0.39, 0.29) is 5.92 Å². The zero-order chi connectivity index (χ0) is 15.7. The number of azide groups is 1. The molecule has 0 aliphatic carbocycles. The molecule has 6 nitrogen and oxygen atoms in total. The minimum atomic E-state index is -1.11. The van der Waals surface area contributed by atoms with Crippen molar-refractivity contribution in [1.29, 1.82) is 0 Å². The van der Waals surface area contributed by atoms with E-state index < -0.39 is 11.5 Å². The van der Waals surface area contributed by atoms with Crippen LogP contribution in [0.2, 0.25) is 0 Å². The summed E-state index contributed by atoms with van der Waals surface area (Å²) < 4.78 is 0. The van der Waals surface area contributed by atoms with Crippen molar-refractivity contribution in [1.82, 2.24) is 5.32 Å². The zero-order valence-corrected chi connectivity index (χ0v) is 12.5. The van der Waals surface area contributed by atoms with Crippen LogP contribution in [0.15, 0.2) is 35.4 Å². The number of nitrogens with zero attached hydrogens (tertiary/aromatic N) is 3. The molecule has 1 unspecified atom stereocenters. The first-order valence-corrected chi connectivity index (χ1v) is 7.07. The van der Waals surface area contributed by atoms with E-state index in [0.717, 1.165) is 5.56 Å². The molecule has 0 fully saturated rings. The van der Waals surface area contributed by atoms with Gasteiger partial charge in [-0.3, -0.25) is 5.32 Å². The molecule has 0 amide bonds. The fraction of sp³-hybridized carbons (Fsp3) is 0.533. The lowest BCUT2D eigenvalue weighted by Gasteiger charge is -2.33. The number of carbonyl (C=O) groups is 1. The van der Waals surface area contributed by atoms with Gasteiger partial charge in [0.25, 0.3) is 0 Å². The van der Waals surface area contributed by atoms with Gasteiger partial charge in [-0.15, -0.1) is 0 Å².